The molecule has 5 heteroatoms. The Balaban J connectivity index is 2.16. The van der Waals surface area contributed by atoms with Crippen LogP contribution in [0, 0.1) is 6.92 Å². The fourth-order valence-corrected chi connectivity index (χ4v) is 1.83. The first-order valence-corrected chi connectivity index (χ1v) is 5.55. The van der Waals surface area contributed by atoms with Gasteiger partial charge in [0.15, 0.2) is 5.65 Å². The summed E-state index contributed by atoms with van der Waals surface area (Å²) in [7, 11) is 0. The summed E-state index contributed by atoms with van der Waals surface area (Å²) >= 11 is 0. The van der Waals surface area contributed by atoms with Crippen molar-refractivity contribution in [1.29, 1.82) is 0 Å². The Bertz CT molecular complexity index is 733. The van der Waals surface area contributed by atoms with Gasteiger partial charge in [-0.15, -0.1) is 0 Å². The smallest absolute Gasteiger partial charge is 0.178 e. The highest BCUT2D eigenvalue weighted by atomic mass is 16.3. The van der Waals surface area contributed by atoms with Crippen LogP contribution in [0.5, 0.6) is 5.75 Å². The van der Waals surface area contributed by atoms with Crippen LogP contribution in [-0.2, 0) is 0 Å². The van der Waals surface area contributed by atoms with Crippen LogP contribution in [0.15, 0.2) is 30.5 Å². The van der Waals surface area contributed by atoms with Gasteiger partial charge in [0.2, 0.25) is 0 Å². The maximum Gasteiger partial charge on any atom is 0.178 e. The van der Waals surface area contributed by atoms with Gasteiger partial charge < -0.3 is 15.8 Å². The van der Waals surface area contributed by atoms with Crippen molar-refractivity contribution in [2.45, 2.75) is 6.92 Å². The van der Waals surface area contributed by atoms with Crippen molar-refractivity contribution < 1.29 is 5.11 Å². The fourth-order valence-electron chi connectivity index (χ4n) is 1.83. The standard InChI is InChI=1S/C13H12N4O/c1-7-4-10-13(15-6-7)17-12(16-10)8-2-3-9(14)11(18)5-8/h2-6,18H,14H2,1H3,(H,15,16,17). The van der Waals surface area contributed by atoms with E-state index >= 15 is 0 Å². The van der Waals surface area contributed by atoms with Gasteiger partial charge in [0, 0.05) is 11.8 Å². The highest BCUT2D eigenvalue weighted by molar-refractivity contribution is 5.77. The summed E-state index contributed by atoms with van der Waals surface area (Å²) in [6.45, 7) is 1.97. The summed E-state index contributed by atoms with van der Waals surface area (Å²) in [5, 5.41) is 9.60. The maximum atomic E-state index is 9.60. The molecule has 0 aliphatic rings. The molecule has 3 rings (SSSR count). The zero-order valence-electron chi connectivity index (χ0n) is 9.81. The van der Waals surface area contributed by atoms with Crippen molar-refractivity contribution in [1.82, 2.24) is 15.0 Å². The van der Waals surface area contributed by atoms with E-state index in [1.807, 2.05) is 13.0 Å². The van der Waals surface area contributed by atoms with Crippen LogP contribution in [0.1, 0.15) is 5.56 Å². The van der Waals surface area contributed by atoms with E-state index in [1.165, 1.54) is 0 Å². The minimum Gasteiger partial charge on any atom is -0.506 e. The Kier molecular flexibility index (Phi) is 2.19. The van der Waals surface area contributed by atoms with Crippen molar-refractivity contribution in [2.24, 2.45) is 0 Å². The van der Waals surface area contributed by atoms with Crippen molar-refractivity contribution in [3.63, 3.8) is 0 Å². The minimum absolute atomic E-state index is 0.0529. The molecule has 0 aliphatic carbocycles. The van der Waals surface area contributed by atoms with E-state index in [4.69, 9.17) is 5.73 Å². The molecule has 0 saturated carbocycles. The number of benzene rings is 1. The number of imidazole rings is 1. The summed E-state index contributed by atoms with van der Waals surface area (Å²) in [5.74, 6) is 0.718. The number of pyridine rings is 1. The van der Waals surface area contributed by atoms with Crippen LogP contribution in [0.2, 0.25) is 0 Å². The van der Waals surface area contributed by atoms with Crippen molar-refractivity contribution in [2.75, 3.05) is 5.73 Å². The second-order valence-corrected chi connectivity index (χ2v) is 4.24. The Labute approximate surface area is 103 Å². The van der Waals surface area contributed by atoms with E-state index in [1.54, 1.807) is 24.4 Å². The zero-order valence-corrected chi connectivity index (χ0v) is 9.81. The van der Waals surface area contributed by atoms with E-state index in [0.717, 1.165) is 16.6 Å². The van der Waals surface area contributed by atoms with E-state index in [0.29, 0.717) is 17.2 Å². The Morgan fingerprint density at radius 1 is 1.28 bits per heavy atom. The van der Waals surface area contributed by atoms with E-state index in [2.05, 4.69) is 15.0 Å². The monoisotopic (exact) mass is 240 g/mol. The second-order valence-electron chi connectivity index (χ2n) is 4.24. The number of hydrogen-bond donors (Lipinski definition) is 3. The third kappa shape index (κ3) is 1.66. The van der Waals surface area contributed by atoms with E-state index in [9.17, 15) is 5.11 Å². The number of aryl methyl sites for hydroxylation is 1. The number of nitrogens with two attached hydrogens (primary N) is 1. The lowest BCUT2D eigenvalue weighted by molar-refractivity contribution is 0.478. The van der Waals surface area contributed by atoms with Gasteiger partial charge in [0.1, 0.15) is 11.6 Å². The number of hydrogen-bond acceptors (Lipinski definition) is 4. The number of aromatic amines is 1. The topological polar surface area (TPSA) is 87.8 Å². The second kappa shape index (κ2) is 3.73. The minimum atomic E-state index is 0.0529. The molecule has 0 bridgehead atoms. The number of H-pyrrole nitrogens is 1. The molecule has 3 aromatic rings. The predicted molar refractivity (Wildman–Crippen MR) is 70.1 cm³/mol. The molecule has 0 atom stereocenters. The van der Waals surface area contributed by atoms with Crippen LogP contribution in [0.3, 0.4) is 0 Å². The van der Waals surface area contributed by atoms with Gasteiger partial charge in [-0.3, -0.25) is 0 Å². The van der Waals surface area contributed by atoms with Crippen LogP contribution in [0.25, 0.3) is 22.6 Å². The molecule has 90 valence electrons. The maximum absolute atomic E-state index is 9.60. The largest absolute Gasteiger partial charge is 0.506 e. The molecule has 18 heavy (non-hydrogen) atoms. The number of nitrogens with zero attached hydrogens (tertiary/aromatic N) is 2. The number of rotatable bonds is 1. The van der Waals surface area contributed by atoms with Gasteiger partial charge in [-0.25, -0.2) is 9.97 Å². The van der Waals surface area contributed by atoms with Crippen molar-refractivity contribution >= 4 is 16.9 Å². The Morgan fingerprint density at radius 2 is 2.11 bits per heavy atom. The molecule has 2 heterocycles. The molecular weight excluding hydrogens is 228 g/mol. The normalized spacial score (nSPS) is 10.9. The highest BCUT2D eigenvalue weighted by Crippen LogP contribution is 2.27. The number of aromatic hydroxyl groups is 1. The molecule has 2 aromatic heterocycles. The molecule has 5 nitrogen and oxygen atoms in total. The van der Waals surface area contributed by atoms with E-state index < -0.39 is 0 Å². The lowest BCUT2D eigenvalue weighted by atomic mass is 10.2. The predicted octanol–water partition coefficient (Wildman–Crippen LogP) is 2.22. The van der Waals surface area contributed by atoms with E-state index in [-0.39, 0.29) is 5.75 Å². The lowest BCUT2D eigenvalue weighted by Gasteiger charge is -2.00. The fraction of sp³-hybridized carbons (Fsp3) is 0.0769. The number of anilines is 1. The molecule has 0 saturated heterocycles. The van der Waals surface area contributed by atoms with Gasteiger partial charge in [-0.2, -0.15) is 0 Å². The highest BCUT2D eigenvalue weighted by Gasteiger charge is 2.08. The number of phenols is 1. The molecule has 0 unspecified atom stereocenters. The van der Waals surface area contributed by atoms with Gasteiger partial charge in [-0.05, 0) is 36.8 Å². The Morgan fingerprint density at radius 3 is 2.89 bits per heavy atom. The number of phenolic OH excluding ortho intramolecular Hbond substituents is 1. The van der Waals surface area contributed by atoms with Crippen LogP contribution in [-0.4, -0.2) is 20.1 Å². The molecule has 1 aromatic carbocycles. The first kappa shape index (κ1) is 10.6. The molecular formula is C13H12N4O. The molecule has 0 amide bonds. The Hall–Kier alpha value is -2.56. The van der Waals surface area contributed by atoms with Gasteiger partial charge in [0.05, 0.1) is 11.2 Å². The zero-order chi connectivity index (χ0) is 12.7. The molecule has 0 radical (unpaired) electrons. The number of nitrogen functional groups attached to an aromatic ring is 1. The summed E-state index contributed by atoms with van der Waals surface area (Å²) in [5.41, 5.74) is 9.30. The van der Waals surface area contributed by atoms with Crippen LogP contribution >= 0.6 is 0 Å². The third-order valence-electron chi connectivity index (χ3n) is 2.78. The van der Waals surface area contributed by atoms with Crippen molar-refractivity contribution in [3.8, 4) is 17.1 Å². The summed E-state index contributed by atoms with van der Waals surface area (Å²) in [4.78, 5) is 11.8. The molecule has 0 aliphatic heterocycles. The average Bonchev–Trinajstić information content (AvgIpc) is 2.75. The van der Waals surface area contributed by atoms with Gasteiger partial charge in [-0.1, -0.05) is 0 Å². The first-order valence-electron chi connectivity index (χ1n) is 5.55. The third-order valence-corrected chi connectivity index (χ3v) is 2.78. The number of aromatic nitrogens is 3. The van der Waals surface area contributed by atoms with Crippen LogP contribution < -0.4 is 5.73 Å². The average molecular weight is 240 g/mol. The van der Waals surface area contributed by atoms with Gasteiger partial charge >= 0.3 is 0 Å². The SMILES string of the molecule is Cc1cnc2nc(-c3ccc(N)c(O)c3)[nH]c2c1. The first-order chi connectivity index (χ1) is 8.63. The number of nitrogens with one attached hydrogen (secondary N) is 1. The summed E-state index contributed by atoms with van der Waals surface area (Å²) < 4.78 is 0. The quantitative estimate of drug-likeness (QED) is 0.449. The summed E-state index contributed by atoms with van der Waals surface area (Å²) in [6, 6.07) is 7.02. The molecule has 0 fully saturated rings. The van der Waals surface area contributed by atoms with Crippen LogP contribution in [0.4, 0.5) is 5.69 Å². The summed E-state index contributed by atoms with van der Waals surface area (Å²) in [6.07, 6.45) is 1.77. The molecule has 4 N–H and O–H groups in total. The number of fused-ring (bicyclic) bond motifs is 1. The lowest BCUT2D eigenvalue weighted by Crippen LogP contribution is -1.86. The van der Waals surface area contributed by atoms with Gasteiger partial charge in [0.25, 0.3) is 0 Å². The molecule has 0 spiro atoms. The van der Waals surface area contributed by atoms with Crippen molar-refractivity contribution in [3.05, 3.63) is 36.0 Å².